The Morgan fingerprint density at radius 3 is 2.49 bits per heavy atom. The van der Waals surface area contributed by atoms with Crippen molar-refractivity contribution in [2.24, 2.45) is 5.92 Å². The van der Waals surface area contributed by atoms with E-state index in [0.717, 1.165) is 47.7 Å². The molecule has 1 unspecified atom stereocenters. The molecule has 6 heteroatoms. The molecule has 1 N–H and O–H groups in total. The molecule has 0 bridgehead atoms. The fourth-order valence-corrected chi connectivity index (χ4v) is 5.88. The molecule has 1 atom stereocenters. The van der Waals surface area contributed by atoms with E-state index in [9.17, 15) is 9.59 Å². The predicted octanol–water partition coefficient (Wildman–Crippen LogP) is 5.13. The molecular weight excluding hydrogens is 460 g/mol. The monoisotopic (exact) mass is 492 g/mol. The summed E-state index contributed by atoms with van der Waals surface area (Å²) in [4.78, 5) is 28.4. The summed E-state index contributed by atoms with van der Waals surface area (Å²) in [5.74, 6) is 0.0886. The zero-order chi connectivity index (χ0) is 25.2. The van der Waals surface area contributed by atoms with Crippen molar-refractivity contribution in [3.63, 3.8) is 0 Å². The van der Waals surface area contributed by atoms with Crippen molar-refractivity contribution in [3.8, 4) is 0 Å². The Bertz CT molecular complexity index is 1410. The molecule has 0 saturated carbocycles. The van der Waals surface area contributed by atoms with E-state index in [2.05, 4.69) is 39.4 Å². The maximum Gasteiger partial charge on any atom is 0.254 e. The van der Waals surface area contributed by atoms with Gasteiger partial charge in [0.1, 0.15) is 0 Å². The second-order valence-electron chi connectivity index (χ2n) is 10.2. The van der Waals surface area contributed by atoms with Crippen LogP contribution in [0.15, 0.2) is 79.0 Å². The van der Waals surface area contributed by atoms with Crippen molar-refractivity contribution in [1.82, 2.24) is 20.0 Å². The Labute approximate surface area is 217 Å². The minimum Gasteiger partial charge on any atom is -0.349 e. The molecule has 1 saturated heterocycles. The van der Waals surface area contributed by atoms with E-state index in [4.69, 9.17) is 0 Å². The highest BCUT2D eigenvalue weighted by Gasteiger charge is 2.31. The number of rotatable bonds is 5. The van der Waals surface area contributed by atoms with E-state index in [1.807, 2.05) is 59.6 Å². The number of nitrogens with one attached hydrogen (secondary N) is 1. The van der Waals surface area contributed by atoms with Crippen molar-refractivity contribution in [1.29, 1.82) is 0 Å². The number of nitrogens with zero attached hydrogens (tertiary/aromatic N) is 3. The standard InChI is InChI=1S/C31H32N4O2/c36-30(33-28-14-7-15-29-27(28)20-32-35(29)21-22-8-2-1-3-9-22)24-16-18-34(19-17-24)31(37)26-13-6-11-23-10-4-5-12-25(23)26/h1-6,8-13,20,24,28H,7,14-19,21H2,(H,33,36). The van der Waals surface area contributed by atoms with Gasteiger partial charge >= 0.3 is 0 Å². The highest BCUT2D eigenvalue weighted by Crippen LogP contribution is 2.31. The number of amides is 2. The van der Waals surface area contributed by atoms with Crippen LogP contribution in [-0.2, 0) is 17.8 Å². The van der Waals surface area contributed by atoms with Gasteiger partial charge in [-0.1, -0.05) is 66.7 Å². The average Bonchev–Trinajstić information content (AvgIpc) is 3.36. The lowest BCUT2D eigenvalue weighted by atomic mass is 9.90. The molecule has 37 heavy (non-hydrogen) atoms. The van der Waals surface area contributed by atoms with Crippen LogP contribution in [0.25, 0.3) is 10.8 Å². The van der Waals surface area contributed by atoms with Gasteiger partial charge in [-0.3, -0.25) is 14.3 Å². The molecule has 2 aliphatic rings. The van der Waals surface area contributed by atoms with Crippen LogP contribution >= 0.6 is 0 Å². The summed E-state index contributed by atoms with van der Waals surface area (Å²) in [5.41, 5.74) is 4.35. The summed E-state index contributed by atoms with van der Waals surface area (Å²) in [6.07, 6.45) is 6.28. The lowest BCUT2D eigenvalue weighted by Gasteiger charge is -2.33. The highest BCUT2D eigenvalue weighted by atomic mass is 16.2. The maximum absolute atomic E-state index is 13.3. The number of hydrogen-bond donors (Lipinski definition) is 1. The summed E-state index contributed by atoms with van der Waals surface area (Å²) < 4.78 is 2.08. The summed E-state index contributed by atoms with van der Waals surface area (Å²) in [6, 6.07) is 24.2. The van der Waals surface area contributed by atoms with E-state index >= 15 is 0 Å². The number of benzene rings is 3. The number of fused-ring (bicyclic) bond motifs is 2. The first-order valence-corrected chi connectivity index (χ1v) is 13.3. The van der Waals surface area contributed by atoms with Gasteiger partial charge < -0.3 is 10.2 Å². The third-order valence-electron chi connectivity index (χ3n) is 7.93. The maximum atomic E-state index is 13.3. The molecule has 0 radical (unpaired) electrons. The molecule has 3 aromatic carbocycles. The molecule has 1 aromatic heterocycles. The summed E-state index contributed by atoms with van der Waals surface area (Å²) >= 11 is 0. The molecule has 0 spiro atoms. The molecule has 188 valence electrons. The van der Waals surface area contributed by atoms with E-state index in [1.54, 1.807) is 0 Å². The van der Waals surface area contributed by atoms with Crippen molar-refractivity contribution in [3.05, 3.63) is 101 Å². The molecule has 6 rings (SSSR count). The van der Waals surface area contributed by atoms with Crippen LogP contribution in [0.2, 0.25) is 0 Å². The first kappa shape index (κ1) is 23.5. The van der Waals surface area contributed by atoms with Gasteiger partial charge in [-0.2, -0.15) is 5.10 Å². The Hall–Kier alpha value is -3.93. The van der Waals surface area contributed by atoms with Gasteiger partial charge in [-0.25, -0.2) is 0 Å². The number of likely N-dealkylation sites (tertiary alicyclic amines) is 1. The molecule has 1 aliphatic carbocycles. The lowest BCUT2D eigenvalue weighted by molar-refractivity contribution is -0.127. The quantitative estimate of drug-likeness (QED) is 0.420. The number of piperidine rings is 1. The van der Waals surface area contributed by atoms with Gasteiger partial charge in [0, 0.05) is 35.8 Å². The predicted molar refractivity (Wildman–Crippen MR) is 144 cm³/mol. The number of hydrogen-bond acceptors (Lipinski definition) is 3. The summed E-state index contributed by atoms with van der Waals surface area (Å²) in [5, 5.41) is 10.0. The van der Waals surface area contributed by atoms with Crippen LogP contribution in [0.3, 0.4) is 0 Å². The van der Waals surface area contributed by atoms with Crippen LogP contribution in [0.5, 0.6) is 0 Å². The van der Waals surface area contributed by atoms with Crippen LogP contribution < -0.4 is 5.32 Å². The smallest absolute Gasteiger partial charge is 0.254 e. The summed E-state index contributed by atoms with van der Waals surface area (Å²) in [6.45, 7) is 1.95. The van der Waals surface area contributed by atoms with E-state index < -0.39 is 0 Å². The van der Waals surface area contributed by atoms with Crippen molar-refractivity contribution in [2.45, 2.75) is 44.7 Å². The fraction of sp³-hybridized carbons (Fsp3) is 0.323. The zero-order valence-electron chi connectivity index (χ0n) is 21.0. The minimum atomic E-state index is -0.0682. The normalized spacial score (nSPS) is 17.9. The van der Waals surface area contributed by atoms with E-state index in [0.29, 0.717) is 25.9 Å². The van der Waals surface area contributed by atoms with Crippen LogP contribution in [0.4, 0.5) is 0 Å². The van der Waals surface area contributed by atoms with Gasteiger partial charge in [-0.05, 0) is 54.5 Å². The Morgan fingerprint density at radius 1 is 0.892 bits per heavy atom. The highest BCUT2D eigenvalue weighted by molar-refractivity contribution is 6.07. The van der Waals surface area contributed by atoms with Gasteiger partial charge in [0.25, 0.3) is 5.91 Å². The lowest BCUT2D eigenvalue weighted by Crippen LogP contribution is -2.44. The van der Waals surface area contributed by atoms with Crippen LogP contribution in [-0.4, -0.2) is 39.6 Å². The average molecular weight is 493 g/mol. The molecular formula is C31H32N4O2. The van der Waals surface area contributed by atoms with E-state index in [-0.39, 0.29) is 23.8 Å². The molecule has 1 fully saturated rings. The second-order valence-corrected chi connectivity index (χ2v) is 10.2. The number of aromatic nitrogens is 2. The van der Waals surface area contributed by atoms with E-state index in [1.165, 1.54) is 11.3 Å². The van der Waals surface area contributed by atoms with Gasteiger partial charge in [0.2, 0.25) is 5.91 Å². The SMILES string of the molecule is O=C(NC1CCCc2c1cnn2Cc1ccccc1)C1CCN(C(=O)c2cccc3ccccc23)CC1. The molecule has 6 nitrogen and oxygen atoms in total. The third kappa shape index (κ3) is 4.76. The first-order chi connectivity index (χ1) is 18.2. The number of carbonyl (C=O) groups excluding carboxylic acids is 2. The van der Waals surface area contributed by atoms with Crippen LogP contribution in [0, 0.1) is 5.92 Å². The number of carbonyl (C=O) groups is 2. The molecule has 1 aliphatic heterocycles. The van der Waals surface area contributed by atoms with Crippen molar-refractivity contribution in [2.75, 3.05) is 13.1 Å². The summed E-state index contributed by atoms with van der Waals surface area (Å²) in [7, 11) is 0. The van der Waals surface area contributed by atoms with Gasteiger partial charge in [0.05, 0.1) is 18.8 Å². The fourth-order valence-electron chi connectivity index (χ4n) is 5.88. The second kappa shape index (κ2) is 10.2. The Balaban J connectivity index is 1.08. The topological polar surface area (TPSA) is 67.2 Å². The minimum absolute atomic E-state index is 0.0103. The van der Waals surface area contributed by atoms with Crippen molar-refractivity contribution < 1.29 is 9.59 Å². The Morgan fingerprint density at radius 2 is 1.65 bits per heavy atom. The zero-order valence-corrected chi connectivity index (χ0v) is 21.0. The van der Waals surface area contributed by atoms with Crippen molar-refractivity contribution >= 4 is 22.6 Å². The first-order valence-electron chi connectivity index (χ1n) is 13.3. The molecule has 2 amide bonds. The largest absolute Gasteiger partial charge is 0.349 e. The Kier molecular flexibility index (Phi) is 6.47. The van der Waals surface area contributed by atoms with Crippen LogP contribution in [0.1, 0.15) is 58.9 Å². The van der Waals surface area contributed by atoms with Gasteiger partial charge in [-0.15, -0.1) is 0 Å². The van der Waals surface area contributed by atoms with Gasteiger partial charge in [0.15, 0.2) is 0 Å². The third-order valence-corrected chi connectivity index (χ3v) is 7.93. The molecule has 2 heterocycles. The molecule has 4 aromatic rings.